The Morgan fingerprint density at radius 2 is 1.71 bits per heavy atom. The molecular formula is C27H36N2O2. The van der Waals surface area contributed by atoms with Crippen LogP contribution >= 0.6 is 0 Å². The molecule has 1 atom stereocenters. The minimum Gasteiger partial charge on any atom is -0.493 e. The molecule has 1 N–H and O–H groups in total. The average molecular weight is 421 g/mol. The van der Waals surface area contributed by atoms with Crippen molar-refractivity contribution in [3.05, 3.63) is 59.7 Å². The summed E-state index contributed by atoms with van der Waals surface area (Å²) in [6.07, 6.45) is 3.50. The lowest BCUT2D eigenvalue weighted by Gasteiger charge is -2.41. The number of amides is 1. The SMILES string of the molecule is CC(Cc1ccc(C2CN(c3ccc(OCC4CC4)cc3)C2)cc1)NC(=O)C(C)(C)C. The number of anilines is 1. The van der Waals surface area contributed by atoms with Gasteiger partial charge in [-0.3, -0.25) is 4.79 Å². The zero-order chi connectivity index (χ0) is 22.0. The fourth-order valence-corrected chi connectivity index (χ4v) is 3.92. The van der Waals surface area contributed by atoms with Gasteiger partial charge in [0, 0.05) is 36.2 Å². The van der Waals surface area contributed by atoms with Crippen molar-refractivity contribution in [3.8, 4) is 5.75 Å². The van der Waals surface area contributed by atoms with Crippen LogP contribution in [0.3, 0.4) is 0 Å². The van der Waals surface area contributed by atoms with Crippen molar-refractivity contribution in [2.45, 2.75) is 58.9 Å². The summed E-state index contributed by atoms with van der Waals surface area (Å²) in [7, 11) is 0. The summed E-state index contributed by atoms with van der Waals surface area (Å²) in [4.78, 5) is 14.6. The number of carbonyl (C=O) groups excluding carboxylic acids is 1. The molecule has 1 aliphatic heterocycles. The van der Waals surface area contributed by atoms with Crippen molar-refractivity contribution < 1.29 is 9.53 Å². The van der Waals surface area contributed by atoms with E-state index in [0.717, 1.165) is 37.8 Å². The Hall–Kier alpha value is -2.49. The number of carbonyl (C=O) groups is 1. The summed E-state index contributed by atoms with van der Waals surface area (Å²) in [6.45, 7) is 10.9. The Morgan fingerprint density at radius 1 is 1.06 bits per heavy atom. The smallest absolute Gasteiger partial charge is 0.225 e. The molecule has 2 fully saturated rings. The van der Waals surface area contributed by atoms with E-state index in [4.69, 9.17) is 4.74 Å². The number of nitrogens with one attached hydrogen (secondary N) is 1. The molecule has 31 heavy (non-hydrogen) atoms. The molecule has 4 heteroatoms. The van der Waals surface area contributed by atoms with Crippen molar-refractivity contribution in [2.75, 3.05) is 24.6 Å². The van der Waals surface area contributed by atoms with Gasteiger partial charge in [0.05, 0.1) is 6.61 Å². The van der Waals surface area contributed by atoms with Crippen LogP contribution in [-0.4, -0.2) is 31.6 Å². The number of rotatable bonds is 8. The summed E-state index contributed by atoms with van der Waals surface area (Å²) in [5.74, 6) is 2.45. The topological polar surface area (TPSA) is 41.6 Å². The van der Waals surface area contributed by atoms with Crippen LogP contribution in [0.5, 0.6) is 5.75 Å². The largest absolute Gasteiger partial charge is 0.493 e. The van der Waals surface area contributed by atoms with Gasteiger partial charge >= 0.3 is 0 Å². The van der Waals surface area contributed by atoms with Gasteiger partial charge in [-0.2, -0.15) is 0 Å². The van der Waals surface area contributed by atoms with Crippen molar-refractivity contribution in [1.82, 2.24) is 5.32 Å². The lowest BCUT2D eigenvalue weighted by molar-refractivity contribution is -0.129. The second-order valence-electron chi connectivity index (χ2n) is 10.4. The molecule has 0 bridgehead atoms. The first-order chi connectivity index (χ1) is 14.8. The van der Waals surface area contributed by atoms with Crippen molar-refractivity contribution in [2.24, 2.45) is 11.3 Å². The van der Waals surface area contributed by atoms with Crippen LogP contribution in [0.25, 0.3) is 0 Å². The summed E-state index contributed by atoms with van der Waals surface area (Å²) in [6, 6.07) is 17.6. The zero-order valence-corrected chi connectivity index (χ0v) is 19.4. The normalized spacial score (nSPS) is 17.7. The van der Waals surface area contributed by atoms with Crippen LogP contribution in [0, 0.1) is 11.3 Å². The van der Waals surface area contributed by atoms with Gasteiger partial charge in [0.2, 0.25) is 5.91 Å². The maximum absolute atomic E-state index is 12.2. The van der Waals surface area contributed by atoms with Crippen LogP contribution in [0.1, 0.15) is 57.6 Å². The van der Waals surface area contributed by atoms with E-state index in [0.29, 0.717) is 5.92 Å². The van der Waals surface area contributed by atoms with Crippen LogP contribution in [0.2, 0.25) is 0 Å². The third-order valence-corrected chi connectivity index (χ3v) is 6.32. The third-order valence-electron chi connectivity index (χ3n) is 6.32. The monoisotopic (exact) mass is 420 g/mol. The number of nitrogens with zero attached hydrogens (tertiary/aromatic N) is 1. The molecule has 166 valence electrons. The Labute approximate surface area is 187 Å². The molecule has 2 aromatic carbocycles. The van der Waals surface area contributed by atoms with E-state index in [-0.39, 0.29) is 17.4 Å². The number of hydrogen-bond donors (Lipinski definition) is 1. The first-order valence-corrected chi connectivity index (χ1v) is 11.7. The minimum absolute atomic E-state index is 0.105. The molecule has 1 amide bonds. The van der Waals surface area contributed by atoms with Gasteiger partial charge in [-0.1, -0.05) is 45.0 Å². The summed E-state index contributed by atoms with van der Waals surface area (Å²) >= 11 is 0. The molecule has 4 nitrogen and oxygen atoms in total. The highest BCUT2D eigenvalue weighted by Gasteiger charge is 2.28. The molecule has 1 aliphatic carbocycles. The maximum atomic E-state index is 12.2. The molecular weight excluding hydrogens is 384 g/mol. The minimum atomic E-state index is -0.349. The van der Waals surface area contributed by atoms with E-state index < -0.39 is 0 Å². The molecule has 0 aromatic heterocycles. The molecule has 1 heterocycles. The number of benzene rings is 2. The molecule has 0 radical (unpaired) electrons. The van der Waals surface area contributed by atoms with E-state index in [9.17, 15) is 4.79 Å². The Morgan fingerprint density at radius 3 is 2.29 bits per heavy atom. The molecule has 1 saturated heterocycles. The predicted octanol–water partition coefficient (Wildman–Crippen LogP) is 5.17. The standard InChI is InChI=1S/C27H36N2O2/c1-19(28-26(30)27(2,3)4)15-20-7-9-22(10-8-20)23-16-29(17-23)24-11-13-25(14-12-24)31-18-21-5-6-21/h7-14,19,21,23H,5-6,15-18H2,1-4H3,(H,28,30). The third kappa shape index (κ3) is 5.81. The lowest BCUT2D eigenvalue weighted by atomic mass is 9.89. The summed E-state index contributed by atoms with van der Waals surface area (Å²) in [5, 5.41) is 3.12. The Bertz CT molecular complexity index is 873. The Balaban J connectivity index is 1.23. The first kappa shape index (κ1) is 21.7. The van der Waals surface area contributed by atoms with Crippen LogP contribution < -0.4 is 15.0 Å². The van der Waals surface area contributed by atoms with E-state index in [2.05, 4.69) is 65.7 Å². The van der Waals surface area contributed by atoms with E-state index >= 15 is 0 Å². The summed E-state index contributed by atoms with van der Waals surface area (Å²) < 4.78 is 5.84. The highest BCUT2D eigenvalue weighted by Crippen LogP contribution is 2.33. The fraction of sp³-hybridized carbons (Fsp3) is 0.519. The second-order valence-corrected chi connectivity index (χ2v) is 10.4. The lowest BCUT2D eigenvalue weighted by Crippen LogP contribution is -2.45. The second kappa shape index (κ2) is 8.94. The summed E-state index contributed by atoms with van der Waals surface area (Å²) in [5.41, 5.74) is 3.59. The molecule has 4 rings (SSSR count). The number of hydrogen-bond acceptors (Lipinski definition) is 3. The van der Waals surface area contributed by atoms with E-state index in [1.807, 2.05) is 20.8 Å². The van der Waals surface area contributed by atoms with Gasteiger partial charge in [-0.05, 0) is 67.5 Å². The zero-order valence-electron chi connectivity index (χ0n) is 19.4. The van der Waals surface area contributed by atoms with Crippen molar-refractivity contribution in [3.63, 3.8) is 0 Å². The molecule has 2 aliphatic rings. The van der Waals surface area contributed by atoms with Gasteiger partial charge in [0.1, 0.15) is 5.75 Å². The van der Waals surface area contributed by atoms with E-state index in [1.165, 1.54) is 29.7 Å². The van der Waals surface area contributed by atoms with Gasteiger partial charge in [-0.25, -0.2) is 0 Å². The fourth-order valence-electron chi connectivity index (χ4n) is 3.92. The van der Waals surface area contributed by atoms with Crippen molar-refractivity contribution in [1.29, 1.82) is 0 Å². The molecule has 1 unspecified atom stereocenters. The van der Waals surface area contributed by atoms with Crippen molar-refractivity contribution >= 4 is 11.6 Å². The highest BCUT2D eigenvalue weighted by atomic mass is 16.5. The first-order valence-electron chi connectivity index (χ1n) is 11.7. The molecule has 0 spiro atoms. The van der Waals surface area contributed by atoms with Crippen LogP contribution in [-0.2, 0) is 11.2 Å². The molecule has 1 saturated carbocycles. The molecule has 2 aromatic rings. The van der Waals surface area contributed by atoms with Crippen LogP contribution in [0.4, 0.5) is 5.69 Å². The maximum Gasteiger partial charge on any atom is 0.225 e. The van der Waals surface area contributed by atoms with Gasteiger partial charge in [-0.15, -0.1) is 0 Å². The number of ether oxygens (including phenoxy) is 1. The average Bonchev–Trinajstić information content (AvgIpc) is 3.51. The van der Waals surface area contributed by atoms with Crippen LogP contribution in [0.15, 0.2) is 48.5 Å². The van der Waals surface area contributed by atoms with Gasteiger partial charge in [0.15, 0.2) is 0 Å². The van der Waals surface area contributed by atoms with E-state index in [1.54, 1.807) is 0 Å². The van der Waals surface area contributed by atoms with Gasteiger partial charge < -0.3 is 15.0 Å². The quantitative estimate of drug-likeness (QED) is 0.640. The predicted molar refractivity (Wildman–Crippen MR) is 127 cm³/mol. The highest BCUT2D eigenvalue weighted by molar-refractivity contribution is 5.81. The van der Waals surface area contributed by atoms with Gasteiger partial charge in [0.25, 0.3) is 0 Å². The Kier molecular flexibility index (Phi) is 6.27.